The number of carbonyl (C=O) groups is 1. The van der Waals surface area contributed by atoms with Crippen molar-refractivity contribution in [2.45, 2.75) is 57.1 Å². The molecule has 2 heterocycles. The molecule has 102 valence electrons. The standard InChI is InChI=1S/C16H21NO2/c1-4-13-16(9-14(18)17-13)10-15(2,3)19-12-8-6-5-7-11(12)16/h5-8,13H,4,9-10H2,1-3H3,(H,17,18). The Morgan fingerprint density at radius 3 is 2.84 bits per heavy atom. The minimum Gasteiger partial charge on any atom is -0.488 e. The summed E-state index contributed by atoms with van der Waals surface area (Å²) in [4.78, 5) is 12.0. The number of amides is 1. The van der Waals surface area contributed by atoms with Crippen LogP contribution >= 0.6 is 0 Å². The number of nitrogens with one attached hydrogen (secondary N) is 1. The van der Waals surface area contributed by atoms with E-state index in [-0.39, 0.29) is 23.0 Å². The number of fused-ring (bicyclic) bond motifs is 2. The normalized spacial score (nSPS) is 31.7. The Bertz CT molecular complexity index is 523. The van der Waals surface area contributed by atoms with Crippen molar-refractivity contribution >= 4 is 5.91 Å². The Kier molecular flexibility index (Phi) is 2.63. The Hall–Kier alpha value is -1.51. The number of benzene rings is 1. The zero-order valence-corrected chi connectivity index (χ0v) is 11.8. The summed E-state index contributed by atoms with van der Waals surface area (Å²) in [6, 6.07) is 8.39. The van der Waals surface area contributed by atoms with E-state index in [1.165, 1.54) is 5.56 Å². The molecule has 1 fully saturated rings. The maximum atomic E-state index is 12.0. The third-order valence-electron chi connectivity index (χ3n) is 4.44. The van der Waals surface area contributed by atoms with Crippen LogP contribution in [0.2, 0.25) is 0 Å². The summed E-state index contributed by atoms with van der Waals surface area (Å²) in [5, 5.41) is 3.15. The maximum Gasteiger partial charge on any atom is 0.221 e. The number of hydrogen-bond acceptors (Lipinski definition) is 2. The lowest BCUT2D eigenvalue weighted by molar-refractivity contribution is -0.119. The van der Waals surface area contributed by atoms with Crippen molar-refractivity contribution in [1.29, 1.82) is 0 Å². The van der Waals surface area contributed by atoms with E-state index in [1.807, 2.05) is 18.2 Å². The average molecular weight is 259 g/mol. The molecule has 2 aliphatic heterocycles. The lowest BCUT2D eigenvalue weighted by atomic mass is 9.65. The van der Waals surface area contributed by atoms with Crippen LogP contribution in [0.1, 0.15) is 45.6 Å². The third kappa shape index (κ3) is 1.83. The van der Waals surface area contributed by atoms with E-state index in [1.54, 1.807) is 0 Å². The zero-order chi connectivity index (χ0) is 13.7. The van der Waals surface area contributed by atoms with E-state index >= 15 is 0 Å². The first-order chi connectivity index (χ1) is 8.97. The van der Waals surface area contributed by atoms with E-state index in [2.05, 4.69) is 32.2 Å². The molecule has 19 heavy (non-hydrogen) atoms. The molecule has 3 rings (SSSR count). The van der Waals surface area contributed by atoms with Crippen LogP contribution in [0, 0.1) is 0 Å². The summed E-state index contributed by atoms with van der Waals surface area (Å²) in [6.45, 7) is 6.36. The molecule has 1 aromatic rings. The highest BCUT2D eigenvalue weighted by atomic mass is 16.5. The van der Waals surface area contributed by atoms with E-state index in [9.17, 15) is 4.79 Å². The minimum atomic E-state index is -0.228. The van der Waals surface area contributed by atoms with Gasteiger partial charge in [0.1, 0.15) is 11.4 Å². The molecule has 0 bridgehead atoms. The molecule has 0 aliphatic carbocycles. The molecular weight excluding hydrogens is 238 g/mol. The first-order valence-corrected chi connectivity index (χ1v) is 7.05. The van der Waals surface area contributed by atoms with E-state index < -0.39 is 0 Å². The Morgan fingerprint density at radius 1 is 1.37 bits per heavy atom. The first kappa shape index (κ1) is 12.5. The van der Waals surface area contributed by atoms with Gasteiger partial charge < -0.3 is 10.1 Å². The van der Waals surface area contributed by atoms with Crippen LogP contribution in [0.3, 0.4) is 0 Å². The number of para-hydroxylation sites is 1. The predicted octanol–water partition coefficient (Wildman–Crippen LogP) is 2.78. The third-order valence-corrected chi connectivity index (χ3v) is 4.44. The van der Waals surface area contributed by atoms with Crippen molar-refractivity contribution in [2.75, 3.05) is 0 Å². The monoisotopic (exact) mass is 259 g/mol. The Labute approximate surface area is 114 Å². The van der Waals surface area contributed by atoms with Gasteiger partial charge in [0.15, 0.2) is 0 Å². The Morgan fingerprint density at radius 2 is 2.11 bits per heavy atom. The van der Waals surface area contributed by atoms with Gasteiger partial charge in [-0.1, -0.05) is 25.1 Å². The van der Waals surface area contributed by atoms with Gasteiger partial charge in [-0.05, 0) is 32.8 Å². The topological polar surface area (TPSA) is 38.3 Å². The fraction of sp³-hybridized carbons (Fsp3) is 0.562. The van der Waals surface area contributed by atoms with Crippen molar-refractivity contribution in [3.8, 4) is 5.75 Å². The molecule has 1 amide bonds. The highest BCUT2D eigenvalue weighted by molar-refractivity contribution is 5.82. The average Bonchev–Trinajstić information content (AvgIpc) is 2.64. The molecule has 3 heteroatoms. The van der Waals surface area contributed by atoms with Gasteiger partial charge in [-0.25, -0.2) is 0 Å². The number of carbonyl (C=O) groups excluding carboxylic acids is 1. The fourth-order valence-electron chi connectivity index (χ4n) is 3.91. The second-order valence-electron chi connectivity index (χ2n) is 6.40. The maximum absolute atomic E-state index is 12.0. The van der Waals surface area contributed by atoms with E-state index in [4.69, 9.17) is 4.74 Å². The van der Waals surface area contributed by atoms with Crippen molar-refractivity contribution < 1.29 is 9.53 Å². The van der Waals surface area contributed by atoms with Gasteiger partial charge >= 0.3 is 0 Å². The van der Waals surface area contributed by atoms with Gasteiger partial charge in [0.2, 0.25) is 5.91 Å². The Balaban J connectivity index is 2.17. The summed E-state index contributed by atoms with van der Waals surface area (Å²) >= 11 is 0. The van der Waals surface area contributed by atoms with Crippen molar-refractivity contribution in [3.63, 3.8) is 0 Å². The summed E-state index contributed by atoms with van der Waals surface area (Å²) in [6.07, 6.45) is 2.42. The quantitative estimate of drug-likeness (QED) is 0.842. The number of ether oxygens (including phenoxy) is 1. The van der Waals surface area contributed by atoms with Crippen LogP contribution in [0.15, 0.2) is 24.3 Å². The van der Waals surface area contributed by atoms with Gasteiger partial charge in [-0.2, -0.15) is 0 Å². The molecule has 0 saturated carbocycles. The molecule has 1 N–H and O–H groups in total. The van der Waals surface area contributed by atoms with E-state index in [0.29, 0.717) is 6.42 Å². The summed E-state index contributed by atoms with van der Waals surface area (Å²) < 4.78 is 6.09. The van der Waals surface area contributed by atoms with Gasteiger partial charge in [-0.15, -0.1) is 0 Å². The molecule has 1 spiro atoms. The minimum absolute atomic E-state index is 0.107. The van der Waals surface area contributed by atoms with Crippen LogP contribution in [-0.4, -0.2) is 17.6 Å². The second kappa shape index (κ2) is 3.99. The summed E-state index contributed by atoms with van der Waals surface area (Å²) in [5.41, 5.74) is 0.859. The highest BCUT2D eigenvalue weighted by Gasteiger charge is 2.54. The summed E-state index contributed by atoms with van der Waals surface area (Å²) in [7, 11) is 0. The molecule has 0 radical (unpaired) electrons. The molecular formula is C16H21NO2. The van der Waals surface area contributed by atoms with Crippen LogP contribution in [-0.2, 0) is 10.2 Å². The number of rotatable bonds is 1. The molecule has 2 unspecified atom stereocenters. The van der Waals surface area contributed by atoms with E-state index in [0.717, 1.165) is 18.6 Å². The molecule has 1 saturated heterocycles. The SMILES string of the molecule is CCC1NC(=O)CC12CC(C)(C)Oc1ccccc12. The van der Waals surface area contributed by atoms with Gasteiger partial charge in [0.05, 0.1) is 0 Å². The van der Waals surface area contributed by atoms with Gasteiger partial charge in [0, 0.05) is 23.4 Å². The lowest BCUT2D eigenvalue weighted by Crippen LogP contribution is -2.50. The van der Waals surface area contributed by atoms with Crippen LogP contribution < -0.4 is 10.1 Å². The van der Waals surface area contributed by atoms with Crippen LogP contribution in [0.4, 0.5) is 0 Å². The second-order valence-corrected chi connectivity index (χ2v) is 6.40. The predicted molar refractivity (Wildman–Crippen MR) is 74.3 cm³/mol. The van der Waals surface area contributed by atoms with Gasteiger partial charge in [-0.3, -0.25) is 4.79 Å². The first-order valence-electron chi connectivity index (χ1n) is 7.05. The number of hydrogen-bond donors (Lipinski definition) is 1. The fourth-order valence-corrected chi connectivity index (χ4v) is 3.91. The van der Waals surface area contributed by atoms with Crippen molar-refractivity contribution in [3.05, 3.63) is 29.8 Å². The lowest BCUT2D eigenvalue weighted by Gasteiger charge is -2.46. The van der Waals surface area contributed by atoms with Crippen molar-refractivity contribution in [1.82, 2.24) is 5.32 Å². The highest BCUT2D eigenvalue weighted by Crippen LogP contribution is 2.51. The van der Waals surface area contributed by atoms with Crippen LogP contribution in [0.5, 0.6) is 5.75 Å². The summed E-state index contributed by atoms with van der Waals surface area (Å²) in [5.74, 6) is 1.10. The molecule has 2 atom stereocenters. The van der Waals surface area contributed by atoms with Gasteiger partial charge in [0.25, 0.3) is 0 Å². The molecule has 3 nitrogen and oxygen atoms in total. The zero-order valence-electron chi connectivity index (χ0n) is 11.8. The van der Waals surface area contributed by atoms with Crippen LogP contribution in [0.25, 0.3) is 0 Å². The van der Waals surface area contributed by atoms with Crippen molar-refractivity contribution in [2.24, 2.45) is 0 Å². The molecule has 1 aromatic carbocycles. The molecule has 2 aliphatic rings. The molecule has 0 aromatic heterocycles. The largest absolute Gasteiger partial charge is 0.488 e. The smallest absolute Gasteiger partial charge is 0.221 e.